The molecule has 2 heterocycles. The van der Waals surface area contributed by atoms with E-state index in [1.165, 1.54) is 11.3 Å². The van der Waals surface area contributed by atoms with Gasteiger partial charge in [0.2, 0.25) is 0 Å². The van der Waals surface area contributed by atoms with Gasteiger partial charge in [-0.1, -0.05) is 12.2 Å². The summed E-state index contributed by atoms with van der Waals surface area (Å²) in [6.45, 7) is 0.393. The molecule has 0 bridgehead atoms. The normalized spacial score (nSPS) is 10.6. The first-order chi connectivity index (χ1) is 7.72. The average Bonchev–Trinajstić information content (AvgIpc) is 2.83. The van der Waals surface area contributed by atoms with Gasteiger partial charge in [0, 0.05) is 7.11 Å². The molecule has 84 valence electrons. The molecular weight excluding hydrogens is 244 g/mol. The first-order valence-electron chi connectivity index (χ1n) is 4.54. The highest BCUT2D eigenvalue weighted by Crippen LogP contribution is 2.28. The SMILES string of the molecule is COCc1nc(-c2ccco2)sc1C(N)=S. The van der Waals surface area contributed by atoms with Crippen LogP contribution in [-0.2, 0) is 11.3 Å². The molecule has 0 atom stereocenters. The fourth-order valence-corrected chi connectivity index (χ4v) is 2.42. The van der Waals surface area contributed by atoms with Crippen LogP contribution in [0.1, 0.15) is 10.6 Å². The topological polar surface area (TPSA) is 61.3 Å². The van der Waals surface area contributed by atoms with E-state index in [-0.39, 0.29) is 0 Å². The summed E-state index contributed by atoms with van der Waals surface area (Å²) in [6, 6.07) is 3.66. The molecule has 0 saturated carbocycles. The number of rotatable bonds is 4. The Kier molecular flexibility index (Phi) is 3.33. The lowest BCUT2D eigenvalue weighted by molar-refractivity contribution is 0.182. The minimum atomic E-state index is 0.336. The standard InChI is InChI=1S/C10H10N2O2S2/c1-13-5-6-8(9(11)15)16-10(12-6)7-3-2-4-14-7/h2-4H,5H2,1H3,(H2,11,15). The van der Waals surface area contributed by atoms with Crippen molar-refractivity contribution in [2.75, 3.05) is 7.11 Å². The maximum absolute atomic E-state index is 5.63. The van der Waals surface area contributed by atoms with Crippen molar-refractivity contribution in [1.82, 2.24) is 4.98 Å². The van der Waals surface area contributed by atoms with Gasteiger partial charge in [0.15, 0.2) is 10.8 Å². The summed E-state index contributed by atoms with van der Waals surface area (Å²) >= 11 is 6.38. The molecule has 4 nitrogen and oxygen atoms in total. The smallest absolute Gasteiger partial charge is 0.162 e. The zero-order chi connectivity index (χ0) is 11.5. The van der Waals surface area contributed by atoms with E-state index < -0.39 is 0 Å². The second kappa shape index (κ2) is 4.73. The Hall–Kier alpha value is -1.24. The molecule has 2 aromatic heterocycles. The average molecular weight is 254 g/mol. The lowest BCUT2D eigenvalue weighted by Gasteiger charge is -1.96. The Morgan fingerprint density at radius 2 is 2.50 bits per heavy atom. The van der Waals surface area contributed by atoms with Gasteiger partial charge in [0.1, 0.15) is 4.99 Å². The third-order valence-electron chi connectivity index (χ3n) is 1.93. The summed E-state index contributed by atoms with van der Waals surface area (Å²) in [5, 5.41) is 0.764. The third kappa shape index (κ3) is 2.13. The van der Waals surface area contributed by atoms with Crippen LogP contribution in [-0.4, -0.2) is 17.1 Å². The molecule has 6 heteroatoms. The van der Waals surface area contributed by atoms with E-state index in [1.807, 2.05) is 12.1 Å². The van der Waals surface area contributed by atoms with Crippen LogP contribution in [0.4, 0.5) is 0 Å². The second-order valence-corrected chi connectivity index (χ2v) is 4.51. The first-order valence-corrected chi connectivity index (χ1v) is 5.77. The monoisotopic (exact) mass is 254 g/mol. The maximum atomic E-state index is 5.63. The molecule has 0 aliphatic rings. The minimum absolute atomic E-state index is 0.336. The molecule has 0 aliphatic heterocycles. The van der Waals surface area contributed by atoms with Gasteiger partial charge in [-0.15, -0.1) is 11.3 Å². The second-order valence-electron chi connectivity index (χ2n) is 3.07. The summed E-state index contributed by atoms with van der Waals surface area (Å²) in [5.74, 6) is 0.713. The van der Waals surface area contributed by atoms with Gasteiger partial charge in [-0.25, -0.2) is 4.98 Å². The van der Waals surface area contributed by atoms with Crippen LogP contribution < -0.4 is 5.73 Å². The molecular formula is C10H10N2O2S2. The summed E-state index contributed by atoms with van der Waals surface area (Å²) in [7, 11) is 1.61. The van der Waals surface area contributed by atoms with Gasteiger partial charge < -0.3 is 14.9 Å². The Labute approximate surface area is 102 Å². The van der Waals surface area contributed by atoms with E-state index in [0.717, 1.165) is 15.6 Å². The molecule has 0 aliphatic carbocycles. The largest absolute Gasteiger partial charge is 0.462 e. The van der Waals surface area contributed by atoms with Crippen LogP contribution >= 0.6 is 23.6 Å². The van der Waals surface area contributed by atoms with Crippen LogP contribution in [0.25, 0.3) is 10.8 Å². The molecule has 0 spiro atoms. The summed E-state index contributed by atoms with van der Waals surface area (Å²) < 4.78 is 10.3. The lowest BCUT2D eigenvalue weighted by atomic mass is 10.4. The van der Waals surface area contributed by atoms with E-state index in [1.54, 1.807) is 13.4 Å². The number of nitrogens with zero attached hydrogens (tertiary/aromatic N) is 1. The Bertz CT molecular complexity index is 491. The highest BCUT2D eigenvalue weighted by Gasteiger charge is 2.15. The molecule has 2 rings (SSSR count). The van der Waals surface area contributed by atoms with Crippen molar-refractivity contribution in [2.45, 2.75) is 6.61 Å². The maximum Gasteiger partial charge on any atom is 0.162 e. The van der Waals surface area contributed by atoms with Crippen LogP contribution in [0.5, 0.6) is 0 Å². The van der Waals surface area contributed by atoms with Crippen molar-refractivity contribution >= 4 is 28.5 Å². The lowest BCUT2D eigenvalue weighted by Crippen LogP contribution is -2.10. The number of thiazole rings is 1. The summed E-state index contributed by atoms with van der Waals surface area (Å²) in [4.78, 5) is 5.51. The fraction of sp³-hybridized carbons (Fsp3) is 0.200. The molecule has 2 aromatic rings. The van der Waals surface area contributed by atoms with E-state index in [0.29, 0.717) is 17.4 Å². The Balaban J connectivity index is 2.42. The first kappa shape index (κ1) is 11.3. The van der Waals surface area contributed by atoms with Gasteiger partial charge in [-0.2, -0.15) is 0 Å². The molecule has 0 amide bonds. The van der Waals surface area contributed by atoms with Crippen molar-refractivity contribution in [3.05, 3.63) is 29.0 Å². The van der Waals surface area contributed by atoms with E-state index in [9.17, 15) is 0 Å². The Morgan fingerprint density at radius 3 is 3.06 bits per heavy atom. The van der Waals surface area contributed by atoms with Gasteiger partial charge in [-0.3, -0.25) is 0 Å². The van der Waals surface area contributed by atoms with Gasteiger partial charge in [-0.05, 0) is 12.1 Å². The van der Waals surface area contributed by atoms with E-state index in [4.69, 9.17) is 27.1 Å². The zero-order valence-corrected chi connectivity index (χ0v) is 10.2. The number of hydrogen-bond donors (Lipinski definition) is 1. The van der Waals surface area contributed by atoms with Gasteiger partial charge in [0.05, 0.1) is 23.4 Å². The van der Waals surface area contributed by atoms with Crippen LogP contribution in [0.3, 0.4) is 0 Å². The zero-order valence-electron chi connectivity index (χ0n) is 8.60. The number of ether oxygens (including phenoxy) is 1. The third-order valence-corrected chi connectivity index (χ3v) is 3.41. The number of furan rings is 1. The van der Waals surface area contributed by atoms with Crippen molar-refractivity contribution in [1.29, 1.82) is 0 Å². The number of hydrogen-bond acceptors (Lipinski definition) is 5. The van der Waals surface area contributed by atoms with Gasteiger partial charge in [0.25, 0.3) is 0 Å². The quantitative estimate of drug-likeness (QED) is 0.847. The number of methoxy groups -OCH3 is 1. The van der Waals surface area contributed by atoms with Gasteiger partial charge >= 0.3 is 0 Å². The number of nitrogens with two attached hydrogens (primary N) is 1. The van der Waals surface area contributed by atoms with Crippen molar-refractivity contribution < 1.29 is 9.15 Å². The highest BCUT2D eigenvalue weighted by molar-refractivity contribution is 7.81. The summed E-state index contributed by atoms with van der Waals surface area (Å²) in [5.41, 5.74) is 6.38. The molecule has 0 unspecified atom stereocenters. The molecule has 2 N–H and O–H groups in total. The fourth-order valence-electron chi connectivity index (χ4n) is 1.28. The molecule has 0 fully saturated rings. The van der Waals surface area contributed by atoms with Crippen LogP contribution in [0.15, 0.2) is 22.8 Å². The molecule has 16 heavy (non-hydrogen) atoms. The van der Waals surface area contributed by atoms with Crippen LogP contribution in [0, 0.1) is 0 Å². The number of aromatic nitrogens is 1. The molecule has 0 radical (unpaired) electrons. The molecule has 0 saturated heterocycles. The molecule has 0 aromatic carbocycles. The number of thiocarbonyl (C=S) groups is 1. The summed E-state index contributed by atoms with van der Waals surface area (Å²) in [6.07, 6.45) is 1.60. The van der Waals surface area contributed by atoms with Crippen molar-refractivity contribution in [3.63, 3.8) is 0 Å². The van der Waals surface area contributed by atoms with Crippen LogP contribution in [0.2, 0.25) is 0 Å². The van der Waals surface area contributed by atoms with Crippen molar-refractivity contribution in [3.8, 4) is 10.8 Å². The van der Waals surface area contributed by atoms with Crippen molar-refractivity contribution in [2.24, 2.45) is 5.73 Å². The highest BCUT2D eigenvalue weighted by atomic mass is 32.1. The predicted molar refractivity (Wildman–Crippen MR) is 66.4 cm³/mol. The predicted octanol–water partition coefficient (Wildman–Crippen LogP) is 2.18. The van der Waals surface area contributed by atoms with E-state index >= 15 is 0 Å². The van der Waals surface area contributed by atoms with E-state index in [2.05, 4.69) is 4.98 Å². The minimum Gasteiger partial charge on any atom is -0.462 e. The Morgan fingerprint density at radius 1 is 1.69 bits per heavy atom.